The van der Waals surface area contributed by atoms with Crippen molar-refractivity contribution >= 4 is 15.8 Å². The number of rotatable bonds is 5. The molecular weight excluding hydrogens is 345 g/mol. The molecule has 1 N–H and O–H groups in total. The summed E-state index contributed by atoms with van der Waals surface area (Å²) in [4.78, 5) is 6.37. The van der Waals surface area contributed by atoms with Gasteiger partial charge in [0.25, 0.3) is 0 Å². The van der Waals surface area contributed by atoms with Gasteiger partial charge in [0, 0.05) is 26.4 Å². The quantitative estimate of drug-likeness (QED) is 0.484. The molecule has 1 aromatic carbocycles. The Morgan fingerprint density at radius 3 is 2.64 bits per heavy atom. The van der Waals surface area contributed by atoms with E-state index in [4.69, 9.17) is 4.74 Å². The molecular formula is C17H26FN3O3S. The Kier molecular flexibility index (Phi) is 6.78. The minimum atomic E-state index is -2.95. The lowest BCUT2D eigenvalue weighted by Gasteiger charge is -2.38. The van der Waals surface area contributed by atoms with Crippen LogP contribution in [0.25, 0.3) is 0 Å². The molecule has 0 spiro atoms. The van der Waals surface area contributed by atoms with Crippen LogP contribution in [0.4, 0.5) is 4.39 Å². The second kappa shape index (κ2) is 8.62. The zero-order valence-electron chi connectivity index (χ0n) is 14.9. The maximum Gasteiger partial charge on any atom is 0.193 e. The van der Waals surface area contributed by atoms with Crippen LogP contribution in [0.15, 0.2) is 29.3 Å². The van der Waals surface area contributed by atoms with E-state index in [1.165, 1.54) is 18.4 Å². The van der Waals surface area contributed by atoms with Gasteiger partial charge in [-0.15, -0.1) is 0 Å². The Morgan fingerprint density at radius 1 is 1.36 bits per heavy atom. The molecule has 2 atom stereocenters. The van der Waals surface area contributed by atoms with Gasteiger partial charge >= 0.3 is 0 Å². The van der Waals surface area contributed by atoms with Gasteiger partial charge in [-0.05, 0) is 31.0 Å². The summed E-state index contributed by atoms with van der Waals surface area (Å²) in [5.41, 5.74) is 0.922. The molecule has 0 aromatic heterocycles. The molecule has 140 valence electrons. The number of hydrogen-bond acceptors (Lipinski definition) is 4. The van der Waals surface area contributed by atoms with Crippen LogP contribution in [0.5, 0.6) is 0 Å². The number of nitrogens with one attached hydrogen (secondary N) is 1. The van der Waals surface area contributed by atoms with Gasteiger partial charge in [-0.1, -0.05) is 12.1 Å². The first-order chi connectivity index (χ1) is 11.8. The average molecular weight is 371 g/mol. The van der Waals surface area contributed by atoms with Crippen molar-refractivity contribution in [3.63, 3.8) is 0 Å². The van der Waals surface area contributed by atoms with Crippen molar-refractivity contribution in [3.05, 3.63) is 35.6 Å². The molecule has 2 unspecified atom stereocenters. The lowest BCUT2D eigenvalue weighted by Crippen LogP contribution is -2.51. The number of benzene rings is 1. The lowest BCUT2D eigenvalue weighted by atomic mass is 10.1. The van der Waals surface area contributed by atoms with Crippen LogP contribution >= 0.6 is 0 Å². The summed E-state index contributed by atoms with van der Waals surface area (Å²) in [6.07, 6.45) is 1.59. The number of sulfone groups is 1. The summed E-state index contributed by atoms with van der Waals surface area (Å²) < 4.78 is 41.5. The summed E-state index contributed by atoms with van der Waals surface area (Å²) >= 11 is 0. The number of morpholine rings is 1. The minimum Gasteiger partial charge on any atom is -0.367 e. The van der Waals surface area contributed by atoms with E-state index in [1.54, 1.807) is 19.2 Å². The number of halogens is 1. The van der Waals surface area contributed by atoms with E-state index in [-0.39, 0.29) is 23.8 Å². The number of nitrogens with zero attached hydrogens (tertiary/aromatic N) is 2. The predicted molar refractivity (Wildman–Crippen MR) is 97.0 cm³/mol. The number of aliphatic imine (C=N–C) groups is 1. The van der Waals surface area contributed by atoms with Gasteiger partial charge in [-0.25, -0.2) is 12.8 Å². The Balaban J connectivity index is 1.97. The van der Waals surface area contributed by atoms with Crippen molar-refractivity contribution in [2.45, 2.75) is 25.6 Å². The van der Waals surface area contributed by atoms with E-state index in [0.717, 1.165) is 11.5 Å². The average Bonchev–Trinajstić information content (AvgIpc) is 2.54. The third-order valence-corrected chi connectivity index (χ3v) is 5.02. The molecule has 0 saturated carbocycles. The third kappa shape index (κ3) is 6.28. The Morgan fingerprint density at radius 2 is 2.04 bits per heavy atom. The van der Waals surface area contributed by atoms with Crippen molar-refractivity contribution in [3.8, 4) is 0 Å². The third-order valence-electron chi connectivity index (χ3n) is 3.99. The molecule has 1 heterocycles. The molecule has 1 saturated heterocycles. The van der Waals surface area contributed by atoms with Gasteiger partial charge in [0.05, 0.1) is 18.4 Å². The minimum absolute atomic E-state index is 0.00151. The molecule has 0 bridgehead atoms. The lowest BCUT2D eigenvalue weighted by molar-refractivity contribution is -0.0604. The number of ether oxygens (including phenoxy) is 1. The number of hydrogen-bond donors (Lipinski definition) is 1. The van der Waals surface area contributed by atoms with Crippen LogP contribution in [0.1, 0.15) is 25.0 Å². The molecule has 1 aliphatic rings. The second-order valence-corrected chi connectivity index (χ2v) is 8.61. The van der Waals surface area contributed by atoms with E-state index < -0.39 is 9.84 Å². The smallest absolute Gasteiger partial charge is 0.193 e. The van der Waals surface area contributed by atoms with E-state index in [9.17, 15) is 12.8 Å². The van der Waals surface area contributed by atoms with Crippen molar-refractivity contribution < 1.29 is 17.5 Å². The molecule has 6 nitrogen and oxygen atoms in total. The highest BCUT2D eigenvalue weighted by molar-refractivity contribution is 7.90. The van der Waals surface area contributed by atoms with Gasteiger partial charge in [0.2, 0.25) is 0 Å². The zero-order valence-corrected chi connectivity index (χ0v) is 15.7. The molecule has 2 rings (SSSR count). The van der Waals surface area contributed by atoms with Gasteiger partial charge in [0.1, 0.15) is 21.8 Å². The second-order valence-electron chi connectivity index (χ2n) is 6.35. The Hall–Kier alpha value is -1.67. The van der Waals surface area contributed by atoms with E-state index in [1.807, 2.05) is 6.92 Å². The normalized spacial score (nSPS) is 22.1. The van der Waals surface area contributed by atoms with Crippen LogP contribution in [0, 0.1) is 5.82 Å². The molecule has 0 radical (unpaired) electrons. The van der Waals surface area contributed by atoms with E-state index in [2.05, 4.69) is 15.2 Å². The highest BCUT2D eigenvalue weighted by atomic mass is 32.2. The number of guanidine groups is 1. The molecule has 0 amide bonds. The Labute approximate surface area is 149 Å². The molecule has 1 aliphatic heterocycles. The maximum absolute atomic E-state index is 13.1. The van der Waals surface area contributed by atoms with Crippen LogP contribution in [0.2, 0.25) is 0 Å². The van der Waals surface area contributed by atoms with E-state index in [0.29, 0.717) is 26.1 Å². The van der Waals surface area contributed by atoms with Gasteiger partial charge in [-0.3, -0.25) is 4.99 Å². The largest absolute Gasteiger partial charge is 0.367 e. The van der Waals surface area contributed by atoms with Gasteiger partial charge < -0.3 is 15.0 Å². The Bertz CT molecular complexity index is 692. The molecule has 8 heteroatoms. The van der Waals surface area contributed by atoms with Crippen LogP contribution in [0.3, 0.4) is 0 Å². The van der Waals surface area contributed by atoms with Gasteiger partial charge in [-0.2, -0.15) is 0 Å². The summed E-state index contributed by atoms with van der Waals surface area (Å²) in [7, 11) is -1.25. The molecule has 1 fully saturated rings. The maximum atomic E-state index is 13.1. The van der Waals surface area contributed by atoms with Gasteiger partial charge in [0.15, 0.2) is 5.96 Å². The first-order valence-electron chi connectivity index (χ1n) is 8.32. The summed E-state index contributed by atoms with van der Waals surface area (Å²) in [5, 5.41) is 3.21. The van der Waals surface area contributed by atoms with Crippen LogP contribution < -0.4 is 5.32 Å². The fourth-order valence-electron chi connectivity index (χ4n) is 2.85. The summed E-state index contributed by atoms with van der Waals surface area (Å²) in [5.74, 6) is 0.595. The van der Waals surface area contributed by atoms with Crippen molar-refractivity contribution in [1.29, 1.82) is 0 Å². The first-order valence-corrected chi connectivity index (χ1v) is 10.4. The van der Waals surface area contributed by atoms with Crippen LogP contribution in [-0.4, -0.2) is 64.1 Å². The fraction of sp³-hybridized carbons (Fsp3) is 0.588. The first kappa shape index (κ1) is 19.7. The molecule has 0 aliphatic carbocycles. The van der Waals surface area contributed by atoms with Crippen molar-refractivity contribution in [2.24, 2.45) is 4.99 Å². The highest BCUT2D eigenvalue weighted by Crippen LogP contribution is 2.25. The fourth-order valence-corrected chi connectivity index (χ4v) is 3.52. The SMILES string of the molecule is CN=C(NCCCS(C)(=O)=O)N1CC(C)OC(c2ccc(F)cc2)C1. The molecule has 25 heavy (non-hydrogen) atoms. The van der Waals surface area contributed by atoms with Crippen molar-refractivity contribution in [1.82, 2.24) is 10.2 Å². The monoisotopic (exact) mass is 371 g/mol. The highest BCUT2D eigenvalue weighted by Gasteiger charge is 2.28. The zero-order chi connectivity index (χ0) is 18.4. The standard InChI is InChI=1S/C17H26FN3O3S/c1-13-11-21(17(19-2)20-9-4-10-25(3,22)23)12-16(24-13)14-5-7-15(18)8-6-14/h5-8,13,16H,4,9-12H2,1-3H3,(H,19,20). The van der Waals surface area contributed by atoms with Crippen molar-refractivity contribution in [2.75, 3.05) is 38.7 Å². The topological polar surface area (TPSA) is 71.0 Å². The van der Waals surface area contributed by atoms with E-state index >= 15 is 0 Å². The predicted octanol–water partition coefficient (Wildman–Crippen LogP) is 1.60. The summed E-state index contributed by atoms with van der Waals surface area (Å²) in [6, 6.07) is 6.33. The summed E-state index contributed by atoms with van der Waals surface area (Å²) in [6.45, 7) is 3.80. The van der Waals surface area contributed by atoms with Crippen LogP contribution in [-0.2, 0) is 14.6 Å². The molecule has 1 aromatic rings.